The molecule has 11 atom stereocenters. The molecule has 0 radical (unpaired) electrons. The van der Waals surface area contributed by atoms with Crippen LogP contribution >= 0.6 is 0 Å². The van der Waals surface area contributed by atoms with Crippen molar-refractivity contribution in [2.45, 2.75) is 112 Å². The molecule has 0 aromatic carbocycles. The summed E-state index contributed by atoms with van der Waals surface area (Å²) in [7, 11) is 0. The maximum Gasteiger partial charge on any atom is 0.0618 e. The lowest BCUT2D eigenvalue weighted by atomic mass is 9.32. The van der Waals surface area contributed by atoms with Gasteiger partial charge in [-0.25, -0.2) is 0 Å². The predicted octanol–water partition coefficient (Wildman–Crippen LogP) is 7.00. The van der Waals surface area contributed by atoms with Gasteiger partial charge >= 0.3 is 0 Å². The van der Waals surface area contributed by atoms with Gasteiger partial charge in [-0.05, 0) is 122 Å². The van der Waals surface area contributed by atoms with Crippen LogP contribution in [-0.4, -0.2) is 22.9 Å². The second-order valence-electron chi connectivity index (χ2n) is 14.6. The maximum atomic E-state index is 10.9. The van der Waals surface area contributed by atoms with Gasteiger partial charge in [0.15, 0.2) is 0 Å². The molecule has 2 nitrogen and oxygen atoms in total. The summed E-state index contributed by atoms with van der Waals surface area (Å²) in [5, 5.41) is 21.3. The van der Waals surface area contributed by atoms with E-state index in [1.807, 2.05) is 0 Å². The van der Waals surface area contributed by atoms with E-state index in [9.17, 15) is 10.2 Å². The standard InChI is InChI=1S/C30H50O2/c1-19(2)20-10-13-26(3)16-17-29(6)21(25(20)26)8-9-23-27(4)14-12-24(32)28(5,18-31)22(27)11-15-30(23,29)7/h20-25,31-32H,1,8-18H2,2-7H3/t20-,21+,22+,23+,24?,25+,26+,27-,28?,29+,30+/m1/s1. The molecule has 32 heavy (non-hydrogen) atoms. The van der Waals surface area contributed by atoms with Crippen LogP contribution < -0.4 is 0 Å². The van der Waals surface area contributed by atoms with E-state index < -0.39 is 0 Å². The number of aliphatic hydroxyl groups is 2. The van der Waals surface area contributed by atoms with E-state index >= 15 is 0 Å². The van der Waals surface area contributed by atoms with Gasteiger partial charge in [-0.15, -0.1) is 0 Å². The third-order valence-electron chi connectivity index (χ3n) is 13.6. The van der Waals surface area contributed by atoms with Crippen LogP contribution in [0.4, 0.5) is 0 Å². The Morgan fingerprint density at radius 3 is 2.19 bits per heavy atom. The summed E-state index contributed by atoms with van der Waals surface area (Å²) in [5.74, 6) is 3.51. The van der Waals surface area contributed by atoms with Crippen LogP contribution in [0.3, 0.4) is 0 Å². The first-order valence-electron chi connectivity index (χ1n) is 13.8. The second kappa shape index (κ2) is 7.09. The molecule has 0 bridgehead atoms. The molecule has 5 saturated carbocycles. The number of allylic oxidation sites excluding steroid dienone is 1. The summed E-state index contributed by atoms with van der Waals surface area (Å²) in [5.41, 5.74) is 2.62. The van der Waals surface area contributed by atoms with Crippen molar-refractivity contribution in [3.8, 4) is 0 Å². The van der Waals surface area contributed by atoms with Crippen LogP contribution in [0.5, 0.6) is 0 Å². The SMILES string of the molecule is C=C(C)[C@H]1CC[C@@]2(C)CC[C@@]3(C)[C@@H](CC[C@H]4[C@]5(C)CCC(O)C(C)(CO)[C@H]5CC[C@@]43C)[C@H]12. The van der Waals surface area contributed by atoms with E-state index in [-0.39, 0.29) is 23.5 Å². The fourth-order valence-electron chi connectivity index (χ4n) is 11.5. The number of rotatable bonds is 2. The van der Waals surface area contributed by atoms with Crippen LogP contribution in [0.1, 0.15) is 106 Å². The fourth-order valence-corrected chi connectivity index (χ4v) is 11.5. The largest absolute Gasteiger partial charge is 0.396 e. The van der Waals surface area contributed by atoms with E-state index in [2.05, 4.69) is 48.1 Å². The van der Waals surface area contributed by atoms with Crippen LogP contribution in [0.25, 0.3) is 0 Å². The van der Waals surface area contributed by atoms with Crippen LogP contribution in [0.2, 0.25) is 0 Å². The smallest absolute Gasteiger partial charge is 0.0618 e. The van der Waals surface area contributed by atoms with Gasteiger partial charge < -0.3 is 10.2 Å². The molecule has 5 fully saturated rings. The molecule has 0 aromatic heterocycles. The molecule has 0 saturated heterocycles. The molecule has 5 rings (SSSR count). The third kappa shape index (κ3) is 2.66. The summed E-state index contributed by atoms with van der Waals surface area (Å²) >= 11 is 0. The molecule has 0 amide bonds. The van der Waals surface area contributed by atoms with Gasteiger partial charge in [0.25, 0.3) is 0 Å². The van der Waals surface area contributed by atoms with Crippen molar-refractivity contribution in [3.63, 3.8) is 0 Å². The molecule has 2 unspecified atom stereocenters. The monoisotopic (exact) mass is 442 g/mol. The van der Waals surface area contributed by atoms with Crippen molar-refractivity contribution < 1.29 is 10.2 Å². The zero-order chi connectivity index (χ0) is 23.3. The highest BCUT2D eigenvalue weighted by Gasteiger charge is 2.70. The molecule has 5 aliphatic rings. The van der Waals surface area contributed by atoms with Crippen molar-refractivity contribution in [3.05, 3.63) is 12.2 Å². The van der Waals surface area contributed by atoms with Crippen molar-refractivity contribution >= 4 is 0 Å². The Hall–Kier alpha value is -0.340. The lowest BCUT2D eigenvalue weighted by Gasteiger charge is -2.73. The summed E-state index contributed by atoms with van der Waals surface area (Å²) in [6.07, 6.45) is 12.3. The van der Waals surface area contributed by atoms with E-state index in [0.29, 0.717) is 28.1 Å². The molecule has 2 heteroatoms. The quantitative estimate of drug-likeness (QED) is 0.452. The summed E-state index contributed by atoms with van der Waals surface area (Å²) in [4.78, 5) is 0. The van der Waals surface area contributed by atoms with Crippen LogP contribution in [-0.2, 0) is 0 Å². The van der Waals surface area contributed by atoms with Crippen LogP contribution in [0.15, 0.2) is 12.2 Å². The molecule has 0 spiro atoms. The van der Waals surface area contributed by atoms with Crippen molar-refractivity contribution in [2.24, 2.45) is 56.7 Å². The van der Waals surface area contributed by atoms with Gasteiger partial charge in [0.05, 0.1) is 12.7 Å². The average molecular weight is 443 g/mol. The Balaban J connectivity index is 1.54. The van der Waals surface area contributed by atoms with Crippen molar-refractivity contribution in [2.75, 3.05) is 6.61 Å². The lowest BCUT2D eigenvalue weighted by Crippen LogP contribution is -2.67. The summed E-state index contributed by atoms with van der Waals surface area (Å²) in [6.45, 7) is 19.6. The van der Waals surface area contributed by atoms with Crippen molar-refractivity contribution in [1.29, 1.82) is 0 Å². The molecular weight excluding hydrogens is 392 g/mol. The van der Waals surface area contributed by atoms with Gasteiger partial charge in [0.1, 0.15) is 0 Å². The number of fused-ring (bicyclic) bond motifs is 7. The van der Waals surface area contributed by atoms with E-state index in [0.717, 1.165) is 30.6 Å². The molecule has 2 N–H and O–H groups in total. The highest BCUT2D eigenvalue weighted by atomic mass is 16.3. The number of aliphatic hydroxyl groups excluding tert-OH is 2. The molecule has 0 aromatic rings. The topological polar surface area (TPSA) is 40.5 Å². The van der Waals surface area contributed by atoms with Gasteiger partial charge in [0, 0.05) is 5.41 Å². The number of hydrogen-bond donors (Lipinski definition) is 2. The second-order valence-corrected chi connectivity index (χ2v) is 14.6. The van der Waals surface area contributed by atoms with Crippen LogP contribution in [0, 0.1) is 56.7 Å². The molecule has 182 valence electrons. The Morgan fingerprint density at radius 1 is 0.812 bits per heavy atom. The highest BCUT2D eigenvalue weighted by molar-refractivity contribution is 5.21. The Bertz CT molecular complexity index is 790. The minimum absolute atomic E-state index is 0.123. The van der Waals surface area contributed by atoms with Gasteiger partial charge in [-0.3, -0.25) is 0 Å². The maximum absolute atomic E-state index is 10.9. The zero-order valence-corrected chi connectivity index (χ0v) is 21.8. The predicted molar refractivity (Wildman–Crippen MR) is 132 cm³/mol. The Kier molecular flexibility index (Phi) is 5.19. The lowest BCUT2D eigenvalue weighted by molar-refractivity contribution is -0.253. The van der Waals surface area contributed by atoms with E-state index in [4.69, 9.17) is 0 Å². The number of hydrogen-bond acceptors (Lipinski definition) is 2. The normalized spacial score (nSPS) is 59.5. The summed E-state index contributed by atoms with van der Waals surface area (Å²) in [6, 6.07) is 0. The zero-order valence-electron chi connectivity index (χ0n) is 21.8. The van der Waals surface area contributed by atoms with Gasteiger partial charge in [-0.1, -0.05) is 46.8 Å². The molecule has 5 aliphatic carbocycles. The minimum atomic E-state index is -0.355. The van der Waals surface area contributed by atoms with Gasteiger partial charge in [-0.2, -0.15) is 0 Å². The Labute approximate surface area is 197 Å². The first-order chi connectivity index (χ1) is 14.9. The highest BCUT2D eigenvalue weighted by Crippen LogP contribution is 2.77. The summed E-state index contributed by atoms with van der Waals surface area (Å²) < 4.78 is 0. The molecule has 0 aliphatic heterocycles. The third-order valence-corrected chi connectivity index (χ3v) is 13.6. The molecule has 0 heterocycles. The molecular formula is C30H50O2. The van der Waals surface area contributed by atoms with E-state index in [1.54, 1.807) is 0 Å². The van der Waals surface area contributed by atoms with E-state index in [1.165, 1.54) is 56.9 Å². The first-order valence-corrected chi connectivity index (χ1v) is 13.8. The van der Waals surface area contributed by atoms with Gasteiger partial charge in [0.2, 0.25) is 0 Å². The van der Waals surface area contributed by atoms with Crippen molar-refractivity contribution in [1.82, 2.24) is 0 Å². The minimum Gasteiger partial charge on any atom is -0.396 e. The Morgan fingerprint density at radius 2 is 1.53 bits per heavy atom. The first kappa shape index (κ1) is 23.4. The average Bonchev–Trinajstić information content (AvgIpc) is 3.09. The fraction of sp³-hybridized carbons (Fsp3) is 0.933.